The van der Waals surface area contributed by atoms with Crippen LogP contribution in [0.25, 0.3) is 22.3 Å². The largest absolute Gasteiger partial charge is 0.313 e. The second kappa shape index (κ2) is 9.14. The highest BCUT2D eigenvalue weighted by atomic mass is 35.5. The van der Waals surface area contributed by atoms with Crippen molar-refractivity contribution in [2.24, 2.45) is 4.99 Å². The van der Waals surface area contributed by atoms with Gasteiger partial charge in [-0.15, -0.1) is 0 Å². The van der Waals surface area contributed by atoms with E-state index in [0.717, 1.165) is 33.5 Å². The van der Waals surface area contributed by atoms with Crippen LogP contribution in [0.2, 0.25) is 5.02 Å². The maximum Gasteiger partial charge on any atom is 0.242 e. The zero-order valence-electron chi connectivity index (χ0n) is 19.3. The second-order valence-corrected chi connectivity index (χ2v) is 8.83. The van der Waals surface area contributed by atoms with Gasteiger partial charge in [0.05, 0.1) is 35.5 Å². The minimum absolute atomic E-state index is 0.310. The van der Waals surface area contributed by atoms with Gasteiger partial charge in [0, 0.05) is 33.5 Å². The summed E-state index contributed by atoms with van der Waals surface area (Å²) >= 11 is 6.37. The van der Waals surface area contributed by atoms with Crippen LogP contribution in [0.1, 0.15) is 22.5 Å². The zero-order chi connectivity index (χ0) is 24.6. The van der Waals surface area contributed by atoms with Gasteiger partial charge >= 0.3 is 0 Å². The van der Waals surface area contributed by atoms with Crippen molar-refractivity contribution in [1.82, 2.24) is 24.9 Å². The molecule has 0 unspecified atom stereocenters. The predicted molar refractivity (Wildman–Crippen MR) is 140 cm³/mol. The summed E-state index contributed by atoms with van der Waals surface area (Å²) in [4.78, 5) is 18.9. The molecule has 178 valence electrons. The molecule has 0 saturated heterocycles. The van der Waals surface area contributed by atoms with Gasteiger partial charge in [-0.25, -0.2) is 24.0 Å². The number of hydrogen-bond donors (Lipinski definition) is 2. The van der Waals surface area contributed by atoms with E-state index in [2.05, 4.69) is 15.7 Å². The Hall–Kier alpha value is -4.14. The number of aromatic nitrogens is 4. The minimum Gasteiger partial charge on any atom is -0.313 e. The number of halogens is 2. The number of nitrogens with zero attached hydrogens (tertiary/aromatic N) is 5. The molecule has 0 bridgehead atoms. The van der Waals surface area contributed by atoms with Crippen LogP contribution < -0.4 is 10.7 Å². The molecule has 0 atom stereocenters. The first kappa shape index (κ1) is 22.3. The lowest BCUT2D eigenvalue weighted by atomic mass is 9.95. The molecule has 0 amide bonds. The third kappa shape index (κ3) is 3.90. The van der Waals surface area contributed by atoms with Crippen molar-refractivity contribution < 1.29 is 4.39 Å². The lowest BCUT2D eigenvalue weighted by molar-refractivity contribution is 0.625. The van der Waals surface area contributed by atoms with E-state index < -0.39 is 0 Å². The van der Waals surface area contributed by atoms with Gasteiger partial charge in [-0.3, -0.25) is 10.4 Å². The molecular formula is C27H21ClFN7. The van der Waals surface area contributed by atoms with Crippen molar-refractivity contribution in [3.05, 3.63) is 106 Å². The van der Waals surface area contributed by atoms with E-state index in [1.165, 1.54) is 6.07 Å². The number of anilines is 1. The molecular weight excluding hydrogens is 477 g/mol. The van der Waals surface area contributed by atoms with Gasteiger partial charge < -0.3 is 5.32 Å². The van der Waals surface area contributed by atoms with Crippen molar-refractivity contribution >= 4 is 34.3 Å². The molecule has 0 fully saturated rings. The first-order chi connectivity index (χ1) is 17.6. The van der Waals surface area contributed by atoms with Crippen molar-refractivity contribution in [2.45, 2.75) is 13.1 Å². The Kier molecular flexibility index (Phi) is 5.67. The predicted octanol–water partition coefficient (Wildman–Crippen LogP) is 5.23. The number of benzene rings is 3. The van der Waals surface area contributed by atoms with E-state index in [0.29, 0.717) is 41.0 Å². The normalized spacial score (nSPS) is 12.6. The van der Waals surface area contributed by atoms with Crippen LogP contribution in [0.3, 0.4) is 0 Å². The Morgan fingerprint density at radius 3 is 2.67 bits per heavy atom. The van der Waals surface area contributed by atoms with Gasteiger partial charge in [-0.05, 0) is 43.4 Å². The maximum absolute atomic E-state index is 14.8. The lowest BCUT2D eigenvalue weighted by Gasteiger charge is -2.14. The van der Waals surface area contributed by atoms with E-state index >= 15 is 0 Å². The number of nitrogens with one attached hydrogen (secondary N) is 2. The quantitative estimate of drug-likeness (QED) is 0.347. The first-order valence-corrected chi connectivity index (χ1v) is 11.8. The Morgan fingerprint density at radius 2 is 1.81 bits per heavy atom. The highest BCUT2D eigenvalue weighted by Crippen LogP contribution is 2.34. The third-order valence-corrected chi connectivity index (χ3v) is 6.30. The molecule has 36 heavy (non-hydrogen) atoms. The SMILES string of the molecule is CNCc1nc2ccccc2n1Nc1ncc2c(n1)-c1ccc(Cl)cc1C(c1ccccc1F)=NC2. The number of imidazole rings is 1. The Labute approximate surface area is 211 Å². The summed E-state index contributed by atoms with van der Waals surface area (Å²) in [6, 6.07) is 20.0. The van der Waals surface area contributed by atoms with E-state index in [9.17, 15) is 4.39 Å². The number of para-hydroxylation sites is 2. The van der Waals surface area contributed by atoms with Crippen molar-refractivity contribution in [3.63, 3.8) is 0 Å². The van der Waals surface area contributed by atoms with Crippen LogP contribution in [0.5, 0.6) is 0 Å². The highest BCUT2D eigenvalue weighted by molar-refractivity contribution is 6.31. The molecule has 0 radical (unpaired) electrons. The fraction of sp³-hybridized carbons (Fsp3) is 0.111. The number of rotatable bonds is 5. The van der Waals surface area contributed by atoms with Crippen LogP contribution in [0.15, 0.2) is 77.9 Å². The van der Waals surface area contributed by atoms with Crippen LogP contribution in [-0.4, -0.2) is 32.4 Å². The van der Waals surface area contributed by atoms with E-state index in [1.807, 2.05) is 42.1 Å². The van der Waals surface area contributed by atoms with Gasteiger partial charge in [0.2, 0.25) is 5.95 Å². The Morgan fingerprint density at radius 1 is 0.972 bits per heavy atom. The number of aliphatic imine (C=N–C) groups is 1. The molecule has 3 aromatic carbocycles. The molecule has 3 heterocycles. The van der Waals surface area contributed by atoms with Crippen molar-refractivity contribution in [3.8, 4) is 11.3 Å². The first-order valence-electron chi connectivity index (χ1n) is 11.5. The second-order valence-electron chi connectivity index (χ2n) is 8.40. The molecule has 5 aromatic rings. The molecule has 6 rings (SSSR count). The Balaban J connectivity index is 1.47. The average molecular weight is 498 g/mol. The molecule has 1 aliphatic rings. The summed E-state index contributed by atoms with van der Waals surface area (Å²) in [5.41, 5.74) is 9.14. The molecule has 2 aromatic heterocycles. The van der Waals surface area contributed by atoms with Gasteiger partial charge in [0.25, 0.3) is 0 Å². The molecule has 1 aliphatic heterocycles. The summed E-state index contributed by atoms with van der Waals surface area (Å²) in [5.74, 6) is 0.865. The molecule has 0 aliphatic carbocycles. The summed E-state index contributed by atoms with van der Waals surface area (Å²) < 4.78 is 16.7. The molecule has 9 heteroatoms. The lowest BCUT2D eigenvalue weighted by Crippen LogP contribution is -2.19. The monoisotopic (exact) mass is 497 g/mol. The molecule has 0 saturated carbocycles. The summed E-state index contributed by atoms with van der Waals surface area (Å²) in [6.07, 6.45) is 1.76. The van der Waals surface area contributed by atoms with Gasteiger partial charge in [0.1, 0.15) is 11.6 Å². The topological polar surface area (TPSA) is 80.0 Å². The number of hydrogen-bond acceptors (Lipinski definition) is 6. The van der Waals surface area contributed by atoms with Crippen molar-refractivity contribution in [1.29, 1.82) is 0 Å². The van der Waals surface area contributed by atoms with Gasteiger partial charge in [-0.2, -0.15) is 0 Å². The van der Waals surface area contributed by atoms with E-state index in [-0.39, 0.29) is 5.82 Å². The number of fused-ring (bicyclic) bond motifs is 4. The van der Waals surface area contributed by atoms with E-state index in [4.69, 9.17) is 26.6 Å². The smallest absolute Gasteiger partial charge is 0.242 e. The molecule has 2 N–H and O–H groups in total. The standard InChI is InChI=1S/C27H21ClFN7/c1-30-15-24-33-22-8-4-5-9-23(22)36(24)35-27-32-14-16-13-31-26(19-6-2-3-7-21(19)29)20-12-17(28)10-11-18(20)25(16)34-27/h2-12,14,30H,13,15H2,1H3,(H,32,34,35). The summed E-state index contributed by atoms with van der Waals surface area (Å²) in [6.45, 7) is 0.873. The van der Waals surface area contributed by atoms with Gasteiger partial charge in [-0.1, -0.05) is 41.9 Å². The fourth-order valence-corrected chi connectivity index (χ4v) is 4.61. The Bertz CT molecular complexity index is 1640. The maximum atomic E-state index is 14.8. The van der Waals surface area contributed by atoms with Gasteiger partial charge in [0.15, 0.2) is 0 Å². The molecule has 7 nitrogen and oxygen atoms in total. The highest BCUT2D eigenvalue weighted by Gasteiger charge is 2.23. The average Bonchev–Trinajstić information content (AvgIpc) is 3.14. The summed E-state index contributed by atoms with van der Waals surface area (Å²) in [5, 5.41) is 3.69. The minimum atomic E-state index is -0.342. The third-order valence-electron chi connectivity index (χ3n) is 6.07. The fourth-order valence-electron chi connectivity index (χ4n) is 4.44. The van der Waals surface area contributed by atoms with Crippen LogP contribution >= 0.6 is 11.6 Å². The van der Waals surface area contributed by atoms with Crippen molar-refractivity contribution in [2.75, 3.05) is 12.5 Å². The van der Waals surface area contributed by atoms with E-state index in [1.54, 1.807) is 36.5 Å². The van der Waals surface area contributed by atoms with Crippen LogP contribution in [-0.2, 0) is 13.1 Å². The zero-order valence-corrected chi connectivity index (χ0v) is 20.1. The summed E-state index contributed by atoms with van der Waals surface area (Å²) in [7, 11) is 1.87. The van der Waals surface area contributed by atoms with Crippen LogP contribution in [0.4, 0.5) is 10.3 Å². The molecule has 0 spiro atoms. The van der Waals surface area contributed by atoms with Crippen LogP contribution in [0, 0.1) is 5.82 Å².